The first-order valence-corrected chi connectivity index (χ1v) is 9.14. The summed E-state index contributed by atoms with van der Waals surface area (Å²) in [7, 11) is 0. The van der Waals surface area contributed by atoms with Gasteiger partial charge in [-0.2, -0.15) is 0 Å². The van der Waals surface area contributed by atoms with Gasteiger partial charge in [0.15, 0.2) is 6.10 Å². The minimum atomic E-state index is -0.804. The van der Waals surface area contributed by atoms with Crippen molar-refractivity contribution in [2.24, 2.45) is 0 Å². The Hall–Kier alpha value is -3.20. The van der Waals surface area contributed by atoms with Crippen molar-refractivity contribution in [3.05, 3.63) is 70.1 Å². The summed E-state index contributed by atoms with van der Waals surface area (Å²) in [5, 5.41) is 19.0. The summed E-state index contributed by atoms with van der Waals surface area (Å²) in [5.74, 6) is -0.261. The van der Waals surface area contributed by atoms with Crippen LogP contribution in [0.4, 0.5) is 5.69 Å². The van der Waals surface area contributed by atoms with Crippen LogP contribution in [-0.4, -0.2) is 27.3 Å². The molecule has 0 amide bonds. The molecule has 2 aromatic carbocycles. The second-order valence-electron chi connectivity index (χ2n) is 5.50. The number of nitro groups is 1. The van der Waals surface area contributed by atoms with Crippen LogP contribution in [0.5, 0.6) is 0 Å². The lowest BCUT2D eigenvalue weighted by Crippen LogP contribution is -2.10. The van der Waals surface area contributed by atoms with Crippen molar-refractivity contribution in [1.82, 2.24) is 10.2 Å². The van der Waals surface area contributed by atoms with Crippen LogP contribution in [0.15, 0.2) is 57.8 Å². The number of carbonyl (C=O) groups is 1. The SMILES string of the molecule is CSc1ccc(C(=O)OC(C)c2nnc(-c3ccccc3)o2)cc1[N+](=O)[O-]. The lowest BCUT2D eigenvalue weighted by molar-refractivity contribution is -0.387. The van der Waals surface area contributed by atoms with Crippen molar-refractivity contribution < 1.29 is 18.9 Å². The molecule has 3 aromatic rings. The van der Waals surface area contributed by atoms with Crippen LogP contribution >= 0.6 is 11.8 Å². The molecule has 138 valence electrons. The Labute approximate surface area is 158 Å². The number of rotatable bonds is 6. The predicted octanol–water partition coefficient (Wildman–Crippen LogP) is 4.28. The van der Waals surface area contributed by atoms with E-state index in [4.69, 9.17) is 9.15 Å². The lowest BCUT2D eigenvalue weighted by atomic mass is 10.2. The molecule has 0 N–H and O–H groups in total. The quantitative estimate of drug-likeness (QED) is 0.268. The summed E-state index contributed by atoms with van der Waals surface area (Å²) in [5.41, 5.74) is 0.681. The fourth-order valence-corrected chi connectivity index (χ4v) is 2.88. The molecule has 0 saturated carbocycles. The maximum absolute atomic E-state index is 12.3. The van der Waals surface area contributed by atoms with E-state index >= 15 is 0 Å². The Kier molecular flexibility index (Phi) is 5.51. The van der Waals surface area contributed by atoms with E-state index in [0.717, 1.165) is 5.56 Å². The number of benzene rings is 2. The van der Waals surface area contributed by atoms with Crippen LogP contribution in [0.25, 0.3) is 11.5 Å². The third-order valence-corrected chi connectivity index (χ3v) is 4.49. The van der Waals surface area contributed by atoms with Crippen LogP contribution in [0, 0.1) is 10.1 Å². The van der Waals surface area contributed by atoms with Gasteiger partial charge in [0.05, 0.1) is 15.4 Å². The van der Waals surface area contributed by atoms with Crippen LogP contribution in [-0.2, 0) is 4.74 Å². The number of hydrogen-bond acceptors (Lipinski definition) is 8. The molecule has 0 aliphatic rings. The molecule has 0 radical (unpaired) electrons. The van der Waals surface area contributed by atoms with E-state index in [2.05, 4.69) is 10.2 Å². The van der Waals surface area contributed by atoms with Gasteiger partial charge in [0.25, 0.3) is 11.6 Å². The maximum atomic E-state index is 12.3. The molecule has 0 aliphatic heterocycles. The minimum absolute atomic E-state index is 0.0779. The van der Waals surface area contributed by atoms with E-state index < -0.39 is 17.0 Å². The first kappa shape index (κ1) is 18.6. The first-order valence-electron chi connectivity index (χ1n) is 7.92. The van der Waals surface area contributed by atoms with Crippen molar-refractivity contribution in [1.29, 1.82) is 0 Å². The third kappa shape index (κ3) is 4.14. The average molecular weight is 385 g/mol. The second-order valence-corrected chi connectivity index (χ2v) is 6.35. The van der Waals surface area contributed by atoms with E-state index in [1.807, 2.05) is 30.3 Å². The van der Waals surface area contributed by atoms with Crippen molar-refractivity contribution in [2.45, 2.75) is 17.9 Å². The highest BCUT2D eigenvalue weighted by Gasteiger charge is 2.22. The largest absolute Gasteiger partial charge is 0.449 e. The monoisotopic (exact) mass is 385 g/mol. The van der Waals surface area contributed by atoms with Crippen LogP contribution in [0.2, 0.25) is 0 Å². The molecule has 0 aliphatic carbocycles. The number of aromatic nitrogens is 2. The molecule has 0 spiro atoms. The van der Waals surface area contributed by atoms with Gasteiger partial charge in [-0.1, -0.05) is 18.2 Å². The standard InChI is InChI=1S/C18H15N3O5S/c1-11(16-19-20-17(26-16)12-6-4-3-5-7-12)25-18(22)13-8-9-15(27-2)14(10-13)21(23)24/h3-11H,1-2H3. The van der Waals surface area contributed by atoms with E-state index in [9.17, 15) is 14.9 Å². The molecule has 1 atom stereocenters. The average Bonchev–Trinajstić information content (AvgIpc) is 3.18. The molecule has 1 unspecified atom stereocenters. The van der Waals surface area contributed by atoms with Crippen LogP contribution in [0.1, 0.15) is 29.3 Å². The molecule has 0 fully saturated rings. The molecular weight excluding hydrogens is 370 g/mol. The molecule has 1 aromatic heterocycles. The fraction of sp³-hybridized carbons (Fsp3) is 0.167. The second kappa shape index (κ2) is 8.00. The van der Waals surface area contributed by atoms with Crippen molar-refractivity contribution in [3.63, 3.8) is 0 Å². The Morgan fingerprint density at radius 3 is 2.63 bits per heavy atom. The summed E-state index contributed by atoms with van der Waals surface area (Å²) >= 11 is 1.23. The summed E-state index contributed by atoms with van der Waals surface area (Å²) in [6, 6.07) is 13.4. The molecule has 1 heterocycles. The molecule has 9 heteroatoms. The van der Waals surface area contributed by atoms with Crippen molar-refractivity contribution in [3.8, 4) is 11.5 Å². The van der Waals surface area contributed by atoms with Gasteiger partial charge < -0.3 is 9.15 Å². The normalized spacial score (nSPS) is 11.8. The molecule has 8 nitrogen and oxygen atoms in total. The highest BCUT2D eigenvalue weighted by molar-refractivity contribution is 7.98. The zero-order chi connectivity index (χ0) is 19.4. The van der Waals surface area contributed by atoms with Gasteiger partial charge in [-0.15, -0.1) is 22.0 Å². The highest BCUT2D eigenvalue weighted by Crippen LogP contribution is 2.29. The molecular formula is C18H15N3O5S. The smallest absolute Gasteiger partial charge is 0.339 e. The fourth-order valence-electron chi connectivity index (χ4n) is 2.33. The highest BCUT2D eigenvalue weighted by atomic mass is 32.2. The van der Waals surface area contributed by atoms with Crippen molar-refractivity contribution >= 4 is 23.4 Å². The maximum Gasteiger partial charge on any atom is 0.339 e. The van der Waals surface area contributed by atoms with E-state index in [1.165, 1.54) is 30.0 Å². The Bertz CT molecular complexity index is 974. The number of nitro benzene ring substituents is 1. The zero-order valence-electron chi connectivity index (χ0n) is 14.5. The minimum Gasteiger partial charge on any atom is -0.449 e. The number of esters is 1. The first-order chi connectivity index (χ1) is 13.0. The third-order valence-electron chi connectivity index (χ3n) is 3.70. The summed E-state index contributed by atoms with van der Waals surface area (Å²) in [6.07, 6.45) is 0.921. The molecule has 0 bridgehead atoms. The van der Waals surface area contributed by atoms with E-state index in [1.54, 1.807) is 13.2 Å². The number of hydrogen-bond donors (Lipinski definition) is 0. The van der Waals surface area contributed by atoms with Crippen LogP contribution < -0.4 is 0 Å². The van der Waals surface area contributed by atoms with Gasteiger partial charge in [0.1, 0.15) is 0 Å². The van der Waals surface area contributed by atoms with Gasteiger partial charge in [-0.3, -0.25) is 10.1 Å². The van der Waals surface area contributed by atoms with Crippen LogP contribution in [0.3, 0.4) is 0 Å². The molecule has 27 heavy (non-hydrogen) atoms. The summed E-state index contributed by atoms with van der Waals surface area (Å²) in [4.78, 5) is 23.4. The van der Waals surface area contributed by atoms with Gasteiger partial charge >= 0.3 is 5.97 Å². The molecule has 3 rings (SSSR count). The van der Waals surface area contributed by atoms with Gasteiger partial charge in [-0.05, 0) is 37.4 Å². The molecule has 0 saturated heterocycles. The lowest BCUT2D eigenvalue weighted by Gasteiger charge is -2.10. The number of thioether (sulfide) groups is 1. The van der Waals surface area contributed by atoms with E-state index in [0.29, 0.717) is 10.8 Å². The summed E-state index contributed by atoms with van der Waals surface area (Å²) in [6.45, 7) is 1.59. The topological polar surface area (TPSA) is 108 Å². The number of nitrogens with zero attached hydrogens (tertiary/aromatic N) is 3. The number of ether oxygens (including phenoxy) is 1. The van der Waals surface area contributed by atoms with E-state index in [-0.39, 0.29) is 17.1 Å². The van der Waals surface area contributed by atoms with Gasteiger partial charge in [0.2, 0.25) is 5.89 Å². The Morgan fingerprint density at radius 1 is 1.22 bits per heavy atom. The van der Waals surface area contributed by atoms with Gasteiger partial charge in [-0.25, -0.2) is 4.79 Å². The Morgan fingerprint density at radius 2 is 1.96 bits per heavy atom. The van der Waals surface area contributed by atoms with Crippen molar-refractivity contribution in [2.75, 3.05) is 6.26 Å². The Balaban J connectivity index is 1.75. The predicted molar refractivity (Wildman–Crippen MR) is 98.4 cm³/mol. The number of carbonyl (C=O) groups excluding carboxylic acids is 1. The zero-order valence-corrected chi connectivity index (χ0v) is 15.3. The summed E-state index contributed by atoms with van der Waals surface area (Å²) < 4.78 is 10.9. The van der Waals surface area contributed by atoms with Gasteiger partial charge in [0, 0.05) is 11.6 Å².